The van der Waals surface area contributed by atoms with Crippen LogP contribution < -0.4 is 0 Å². The number of nitrogens with zero attached hydrogens (tertiary/aromatic N) is 1. The Hall–Kier alpha value is -0.470. The molecule has 1 N–H and O–H groups in total. The van der Waals surface area contributed by atoms with Crippen LogP contribution in [0, 0.1) is 6.92 Å². The topological polar surface area (TPSA) is 66.8 Å². The van der Waals surface area contributed by atoms with Crippen LogP contribution in [0.5, 0.6) is 0 Å². The molecular formula is C14H18BrNO4S. The number of hydrogen-bond acceptors (Lipinski definition) is 4. The molecule has 0 aromatic heterocycles. The van der Waals surface area contributed by atoms with Crippen molar-refractivity contribution in [1.29, 1.82) is 0 Å². The first-order valence-corrected chi connectivity index (χ1v) is 9.20. The van der Waals surface area contributed by atoms with Crippen molar-refractivity contribution in [3.63, 3.8) is 0 Å². The average molecular weight is 376 g/mol. The SMILES string of the molecule is Cc1c(Br)cc(CO)cc1S(=O)(=O)N1CC2CCC(C1)O2. The Kier molecular flexibility index (Phi) is 4.13. The Morgan fingerprint density at radius 1 is 1.33 bits per heavy atom. The second kappa shape index (κ2) is 5.62. The number of sulfonamides is 1. The lowest BCUT2D eigenvalue weighted by molar-refractivity contribution is -0.0114. The van der Waals surface area contributed by atoms with Gasteiger partial charge in [0.15, 0.2) is 0 Å². The van der Waals surface area contributed by atoms with E-state index in [0.717, 1.165) is 12.8 Å². The van der Waals surface area contributed by atoms with E-state index >= 15 is 0 Å². The van der Waals surface area contributed by atoms with Crippen LogP contribution in [-0.4, -0.2) is 43.1 Å². The largest absolute Gasteiger partial charge is 0.392 e. The highest BCUT2D eigenvalue weighted by atomic mass is 79.9. The minimum Gasteiger partial charge on any atom is -0.392 e. The highest BCUT2D eigenvalue weighted by Gasteiger charge is 2.39. The number of halogens is 1. The normalized spacial score (nSPS) is 26.2. The average Bonchev–Trinajstić information content (AvgIpc) is 2.79. The van der Waals surface area contributed by atoms with Gasteiger partial charge in [0, 0.05) is 17.6 Å². The molecule has 21 heavy (non-hydrogen) atoms. The number of ether oxygens (including phenoxy) is 1. The van der Waals surface area contributed by atoms with E-state index in [1.54, 1.807) is 19.1 Å². The fourth-order valence-electron chi connectivity index (χ4n) is 2.98. The van der Waals surface area contributed by atoms with Crippen molar-refractivity contribution in [1.82, 2.24) is 4.31 Å². The van der Waals surface area contributed by atoms with E-state index in [-0.39, 0.29) is 23.7 Å². The van der Waals surface area contributed by atoms with E-state index in [2.05, 4.69) is 15.9 Å². The summed E-state index contributed by atoms with van der Waals surface area (Å²) in [6.07, 6.45) is 1.89. The van der Waals surface area contributed by atoms with E-state index in [0.29, 0.717) is 28.7 Å². The molecule has 5 nitrogen and oxygen atoms in total. The maximum Gasteiger partial charge on any atom is 0.243 e. The van der Waals surface area contributed by atoms with Gasteiger partial charge in [-0.05, 0) is 43.0 Å². The third-order valence-electron chi connectivity index (χ3n) is 4.17. The van der Waals surface area contributed by atoms with Crippen LogP contribution in [0.25, 0.3) is 0 Å². The summed E-state index contributed by atoms with van der Waals surface area (Å²) in [6.45, 7) is 2.42. The molecule has 1 aromatic carbocycles. The van der Waals surface area contributed by atoms with E-state index in [9.17, 15) is 13.5 Å². The Balaban J connectivity index is 2.00. The molecule has 2 atom stereocenters. The van der Waals surface area contributed by atoms with E-state index in [4.69, 9.17) is 4.74 Å². The molecule has 7 heteroatoms. The molecule has 2 bridgehead atoms. The zero-order chi connectivity index (χ0) is 15.2. The van der Waals surface area contributed by atoms with Gasteiger partial charge in [-0.3, -0.25) is 0 Å². The molecule has 116 valence electrons. The second-order valence-corrected chi connectivity index (χ2v) is 8.40. The summed E-state index contributed by atoms with van der Waals surface area (Å²) < 4.78 is 33.8. The molecule has 2 saturated heterocycles. The van der Waals surface area contributed by atoms with Gasteiger partial charge in [0.25, 0.3) is 0 Å². The van der Waals surface area contributed by atoms with Gasteiger partial charge in [-0.1, -0.05) is 15.9 Å². The quantitative estimate of drug-likeness (QED) is 0.874. The minimum absolute atomic E-state index is 0.0169. The summed E-state index contributed by atoms with van der Waals surface area (Å²) in [6, 6.07) is 3.31. The summed E-state index contributed by atoms with van der Waals surface area (Å²) in [4.78, 5) is 0.266. The molecule has 2 aliphatic heterocycles. The zero-order valence-electron chi connectivity index (χ0n) is 11.8. The number of fused-ring (bicyclic) bond motifs is 2. The summed E-state index contributed by atoms with van der Waals surface area (Å²) in [5, 5.41) is 9.30. The van der Waals surface area contributed by atoms with Crippen molar-refractivity contribution in [3.05, 3.63) is 27.7 Å². The second-order valence-electron chi connectivity index (χ2n) is 5.64. The predicted octanol–water partition coefficient (Wildman–Crippen LogP) is 1.80. The standard InChI is InChI=1S/C14H18BrNO4S/c1-9-13(15)4-10(8-17)5-14(9)21(18,19)16-6-11-2-3-12(7-16)20-11/h4-5,11-12,17H,2-3,6-8H2,1H3. The number of aliphatic hydroxyl groups excluding tert-OH is 1. The van der Waals surface area contributed by atoms with Crippen LogP contribution in [0.2, 0.25) is 0 Å². The van der Waals surface area contributed by atoms with Crippen molar-refractivity contribution in [2.24, 2.45) is 0 Å². The van der Waals surface area contributed by atoms with Crippen molar-refractivity contribution in [3.8, 4) is 0 Å². The Morgan fingerprint density at radius 3 is 2.52 bits per heavy atom. The lowest BCUT2D eigenvalue weighted by Crippen LogP contribution is -2.45. The first-order valence-electron chi connectivity index (χ1n) is 6.97. The van der Waals surface area contributed by atoms with Gasteiger partial charge in [0.1, 0.15) is 0 Å². The van der Waals surface area contributed by atoms with Gasteiger partial charge in [0.05, 0.1) is 23.7 Å². The molecule has 0 radical (unpaired) electrons. The Labute approximate surface area is 133 Å². The summed E-state index contributed by atoms with van der Waals surface area (Å²) in [5.41, 5.74) is 1.26. The lowest BCUT2D eigenvalue weighted by Gasteiger charge is -2.31. The number of rotatable bonds is 3. The first kappa shape index (κ1) is 15.4. The molecule has 0 aliphatic carbocycles. The number of morpholine rings is 1. The van der Waals surface area contributed by atoms with Crippen LogP contribution in [0.3, 0.4) is 0 Å². The van der Waals surface area contributed by atoms with Gasteiger partial charge in [-0.25, -0.2) is 8.42 Å². The van der Waals surface area contributed by atoms with Gasteiger partial charge in [-0.15, -0.1) is 0 Å². The molecule has 0 amide bonds. The van der Waals surface area contributed by atoms with Crippen LogP contribution in [0.1, 0.15) is 24.0 Å². The van der Waals surface area contributed by atoms with Gasteiger partial charge < -0.3 is 9.84 Å². The van der Waals surface area contributed by atoms with Gasteiger partial charge >= 0.3 is 0 Å². The van der Waals surface area contributed by atoms with E-state index in [1.807, 2.05) is 0 Å². The zero-order valence-corrected chi connectivity index (χ0v) is 14.2. The number of aliphatic hydroxyl groups is 1. The molecule has 2 unspecified atom stereocenters. The highest BCUT2D eigenvalue weighted by molar-refractivity contribution is 9.10. The summed E-state index contributed by atoms with van der Waals surface area (Å²) in [7, 11) is -3.56. The fourth-order valence-corrected chi connectivity index (χ4v) is 5.42. The molecule has 0 saturated carbocycles. The van der Waals surface area contributed by atoms with Crippen molar-refractivity contribution < 1.29 is 18.3 Å². The van der Waals surface area contributed by atoms with Crippen LogP contribution in [0.4, 0.5) is 0 Å². The van der Waals surface area contributed by atoms with Crippen molar-refractivity contribution >= 4 is 26.0 Å². The Bertz CT molecular complexity index is 649. The van der Waals surface area contributed by atoms with E-state index < -0.39 is 10.0 Å². The molecule has 0 spiro atoms. The van der Waals surface area contributed by atoms with E-state index in [1.165, 1.54) is 4.31 Å². The maximum absolute atomic E-state index is 12.9. The molecule has 2 fully saturated rings. The monoisotopic (exact) mass is 375 g/mol. The number of hydrogen-bond donors (Lipinski definition) is 1. The molecule has 1 aromatic rings. The van der Waals surface area contributed by atoms with Gasteiger partial charge in [0.2, 0.25) is 10.0 Å². The Morgan fingerprint density at radius 2 is 1.95 bits per heavy atom. The van der Waals surface area contributed by atoms with Gasteiger partial charge in [-0.2, -0.15) is 4.31 Å². The van der Waals surface area contributed by atoms with Crippen LogP contribution in [0.15, 0.2) is 21.5 Å². The molecule has 2 heterocycles. The fraction of sp³-hybridized carbons (Fsp3) is 0.571. The number of benzene rings is 1. The highest BCUT2D eigenvalue weighted by Crippen LogP contribution is 2.33. The summed E-state index contributed by atoms with van der Waals surface area (Å²) in [5.74, 6) is 0. The summed E-state index contributed by atoms with van der Waals surface area (Å²) >= 11 is 3.37. The molecule has 3 rings (SSSR count). The lowest BCUT2D eigenvalue weighted by atomic mass is 10.2. The van der Waals surface area contributed by atoms with Crippen molar-refractivity contribution in [2.75, 3.05) is 13.1 Å². The van der Waals surface area contributed by atoms with Crippen molar-refractivity contribution in [2.45, 2.75) is 43.5 Å². The minimum atomic E-state index is -3.56. The maximum atomic E-state index is 12.9. The van der Waals surface area contributed by atoms with Crippen LogP contribution in [-0.2, 0) is 21.4 Å². The third kappa shape index (κ3) is 2.77. The molecular weight excluding hydrogens is 358 g/mol. The predicted molar refractivity (Wildman–Crippen MR) is 81.5 cm³/mol. The molecule has 2 aliphatic rings. The third-order valence-corrected chi connectivity index (χ3v) is 6.95. The first-order chi connectivity index (χ1) is 9.91. The van der Waals surface area contributed by atoms with Crippen LogP contribution >= 0.6 is 15.9 Å². The smallest absolute Gasteiger partial charge is 0.243 e.